The maximum atomic E-state index is 2.78. The summed E-state index contributed by atoms with van der Waals surface area (Å²) in [6.07, 6.45) is 0. The summed E-state index contributed by atoms with van der Waals surface area (Å²) in [6, 6.07) is 62.1. The fourth-order valence-corrected chi connectivity index (χ4v) is 12.3. The summed E-state index contributed by atoms with van der Waals surface area (Å²) in [5.41, 5.74) is 20.4. The van der Waals surface area contributed by atoms with Crippen molar-refractivity contribution in [3.63, 3.8) is 0 Å². The van der Waals surface area contributed by atoms with Crippen LogP contribution in [0.5, 0.6) is 0 Å². The quantitative estimate of drug-likeness (QED) is 0.161. The second-order valence-corrected chi connectivity index (χ2v) is 22.5. The first-order chi connectivity index (χ1) is 31.2. The smallest absolute Gasteiger partial charge is 0.343 e. The Morgan fingerprint density at radius 2 is 1.06 bits per heavy atom. The molecular formula is C60H54BN3S. The molecule has 5 heteroatoms. The van der Waals surface area contributed by atoms with E-state index >= 15 is 0 Å². The van der Waals surface area contributed by atoms with Crippen LogP contribution < -0.4 is 15.1 Å². The third-order valence-corrected chi connectivity index (χ3v) is 15.4. The van der Waals surface area contributed by atoms with Gasteiger partial charge in [0.1, 0.15) is 4.83 Å². The fourth-order valence-electron chi connectivity index (χ4n) is 10.8. The van der Waals surface area contributed by atoms with E-state index in [4.69, 9.17) is 0 Å². The van der Waals surface area contributed by atoms with Gasteiger partial charge in [-0.25, -0.2) is 0 Å². The van der Waals surface area contributed by atoms with E-state index in [0.717, 1.165) is 0 Å². The highest BCUT2D eigenvalue weighted by atomic mass is 32.1. The Bertz CT molecular complexity index is 3520. The van der Waals surface area contributed by atoms with Gasteiger partial charge in [0, 0.05) is 60.3 Å². The van der Waals surface area contributed by atoms with Gasteiger partial charge in [-0.2, -0.15) is 0 Å². The van der Waals surface area contributed by atoms with Gasteiger partial charge in [-0.05, 0) is 104 Å². The van der Waals surface area contributed by atoms with E-state index in [-0.39, 0.29) is 23.1 Å². The molecule has 0 N–H and O–H groups in total. The summed E-state index contributed by atoms with van der Waals surface area (Å²) in [6.45, 7) is 21.0. The summed E-state index contributed by atoms with van der Waals surface area (Å²) >= 11 is 1.98. The fraction of sp³-hybridized carbons (Fsp3) is 0.200. The molecule has 10 aromatic rings. The summed E-state index contributed by atoms with van der Waals surface area (Å²) in [7, 11) is 0. The van der Waals surface area contributed by atoms with Crippen LogP contribution in [0.3, 0.4) is 0 Å². The first kappa shape index (κ1) is 40.0. The van der Waals surface area contributed by atoms with Crippen molar-refractivity contribution in [2.75, 3.05) is 4.90 Å². The minimum Gasteiger partial charge on any atom is -0.374 e. The van der Waals surface area contributed by atoms with E-state index in [9.17, 15) is 0 Å². The number of fused-ring (bicyclic) bond motifs is 8. The first-order valence-electron chi connectivity index (χ1n) is 23.2. The van der Waals surface area contributed by atoms with Crippen LogP contribution >= 0.6 is 11.3 Å². The van der Waals surface area contributed by atoms with E-state index in [1.54, 1.807) is 0 Å². The molecule has 318 valence electrons. The number of hydrogen-bond acceptors (Lipinski definition) is 2. The molecule has 2 aliphatic rings. The Hall–Kier alpha value is -6.56. The molecule has 0 unspecified atom stereocenters. The standard InChI is InChI=1S/C60H54BN3S/c1-58(2,3)39-29-31-43(32-30-39)62-49-36-41(60(7,8)9)33-45-46-34-40(59(4,5)6)35-47-50(37-21-13-10-14-22-37)53(38-23-15-11-16-24-38)64(54(46)47)61(52(45)49)56-55(62)51-44-27-19-20-28-48(44)63(57(51)65-56)42-25-17-12-18-26-42/h10-36H,1-9H3. The van der Waals surface area contributed by atoms with Gasteiger partial charge in [0.15, 0.2) is 0 Å². The number of hydrogen-bond donors (Lipinski definition) is 0. The number of para-hydroxylation sites is 2. The molecule has 7 aromatic carbocycles. The minimum absolute atomic E-state index is 0.0271. The second-order valence-electron chi connectivity index (χ2n) is 21.4. The van der Waals surface area contributed by atoms with Gasteiger partial charge in [0.05, 0.1) is 11.2 Å². The normalized spacial score (nSPS) is 13.6. The maximum Gasteiger partial charge on any atom is 0.343 e. The van der Waals surface area contributed by atoms with Crippen molar-refractivity contribution in [3.05, 3.63) is 180 Å². The molecule has 3 nitrogen and oxygen atoms in total. The van der Waals surface area contributed by atoms with Gasteiger partial charge < -0.3 is 13.9 Å². The number of nitrogens with zero attached hydrogens (tertiary/aromatic N) is 3. The summed E-state index contributed by atoms with van der Waals surface area (Å²) in [5.74, 6) is 0. The molecule has 0 bridgehead atoms. The molecule has 0 radical (unpaired) electrons. The van der Waals surface area contributed by atoms with Gasteiger partial charge in [0.2, 0.25) is 0 Å². The summed E-state index contributed by atoms with van der Waals surface area (Å²) < 4.78 is 6.66. The summed E-state index contributed by atoms with van der Waals surface area (Å²) in [5, 5.41) is 3.89. The van der Waals surface area contributed by atoms with E-state index in [1.165, 1.54) is 115 Å². The Morgan fingerprint density at radius 1 is 0.492 bits per heavy atom. The lowest BCUT2D eigenvalue weighted by molar-refractivity contribution is 0.589. The number of aromatic nitrogens is 2. The Balaban J connectivity index is 1.32. The molecule has 0 spiro atoms. The zero-order valence-electron chi connectivity index (χ0n) is 38.9. The molecule has 0 amide bonds. The monoisotopic (exact) mass is 859 g/mol. The van der Waals surface area contributed by atoms with Gasteiger partial charge in [0.25, 0.3) is 0 Å². The van der Waals surface area contributed by atoms with Crippen LogP contribution in [-0.2, 0) is 16.2 Å². The van der Waals surface area contributed by atoms with Gasteiger partial charge in [-0.15, -0.1) is 11.3 Å². The molecule has 0 saturated carbocycles. The van der Waals surface area contributed by atoms with Crippen molar-refractivity contribution < 1.29 is 0 Å². The Labute approximate surface area is 387 Å². The average molecular weight is 860 g/mol. The lowest BCUT2D eigenvalue weighted by atomic mass is 9.48. The molecule has 0 fully saturated rings. The van der Waals surface area contributed by atoms with Crippen LogP contribution in [0.1, 0.15) is 79.0 Å². The predicted octanol–water partition coefficient (Wildman–Crippen LogP) is 15.4. The molecule has 65 heavy (non-hydrogen) atoms. The van der Waals surface area contributed by atoms with Crippen molar-refractivity contribution in [1.82, 2.24) is 9.05 Å². The van der Waals surface area contributed by atoms with Crippen molar-refractivity contribution in [2.24, 2.45) is 0 Å². The minimum atomic E-state index is -0.110. The van der Waals surface area contributed by atoms with Crippen LogP contribution in [0, 0.1) is 0 Å². The summed E-state index contributed by atoms with van der Waals surface area (Å²) in [4.78, 5) is 3.93. The Kier molecular flexibility index (Phi) is 8.60. The molecule has 0 saturated heterocycles. The highest BCUT2D eigenvalue weighted by Gasteiger charge is 2.47. The number of anilines is 3. The zero-order chi connectivity index (χ0) is 44.7. The molecular weight excluding hydrogens is 806 g/mol. The van der Waals surface area contributed by atoms with Crippen molar-refractivity contribution in [3.8, 4) is 39.2 Å². The first-order valence-corrected chi connectivity index (χ1v) is 24.0. The average Bonchev–Trinajstić information content (AvgIpc) is 3.95. The third-order valence-electron chi connectivity index (χ3n) is 14.1. The van der Waals surface area contributed by atoms with Crippen LogP contribution in [0.2, 0.25) is 0 Å². The van der Waals surface area contributed by atoms with Gasteiger partial charge >= 0.3 is 6.85 Å². The van der Waals surface area contributed by atoms with Gasteiger partial charge in [-0.3, -0.25) is 0 Å². The molecule has 12 rings (SSSR count). The third kappa shape index (κ3) is 5.94. The molecule has 2 aliphatic heterocycles. The lowest BCUT2D eigenvalue weighted by Crippen LogP contribution is -2.56. The number of thiophene rings is 1. The van der Waals surface area contributed by atoms with E-state index in [1.807, 2.05) is 11.3 Å². The largest absolute Gasteiger partial charge is 0.374 e. The second kappa shape index (κ2) is 14.0. The van der Waals surface area contributed by atoms with Crippen LogP contribution in [0.4, 0.5) is 17.1 Å². The van der Waals surface area contributed by atoms with Crippen LogP contribution in [-0.4, -0.2) is 15.9 Å². The maximum absolute atomic E-state index is 2.78. The lowest BCUT2D eigenvalue weighted by Gasteiger charge is -2.41. The topological polar surface area (TPSA) is 13.1 Å². The number of rotatable bonds is 4. The predicted molar refractivity (Wildman–Crippen MR) is 282 cm³/mol. The molecule has 0 aliphatic carbocycles. The molecule has 3 aromatic heterocycles. The van der Waals surface area contributed by atoms with Crippen LogP contribution in [0.25, 0.3) is 71.2 Å². The van der Waals surface area contributed by atoms with Gasteiger partial charge in [-0.1, -0.05) is 178 Å². The zero-order valence-corrected chi connectivity index (χ0v) is 39.7. The van der Waals surface area contributed by atoms with E-state index in [2.05, 4.69) is 240 Å². The molecule has 0 atom stereocenters. The van der Waals surface area contributed by atoms with Crippen molar-refractivity contribution in [1.29, 1.82) is 0 Å². The SMILES string of the molecule is CC(C)(C)c1ccc(N2c3cc(C(C)(C)C)cc4c3B(c3sc5c(c32)c2ccccc2n5-c2ccccc2)n2c(-c3ccccc3)c(-c3ccccc3)c3cc(C(C)(C)C)cc-4c32)cc1. The van der Waals surface area contributed by atoms with Crippen LogP contribution in [0.15, 0.2) is 164 Å². The number of benzene rings is 7. The highest BCUT2D eigenvalue weighted by Crippen LogP contribution is 2.54. The van der Waals surface area contributed by atoms with E-state index < -0.39 is 0 Å². The van der Waals surface area contributed by atoms with Crippen molar-refractivity contribution >= 4 is 77.5 Å². The van der Waals surface area contributed by atoms with E-state index in [0.29, 0.717) is 0 Å². The Morgan fingerprint density at radius 3 is 1.71 bits per heavy atom. The highest BCUT2D eigenvalue weighted by molar-refractivity contribution is 7.31. The molecule has 5 heterocycles. The van der Waals surface area contributed by atoms with Crippen molar-refractivity contribution in [2.45, 2.75) is 78.6 Å².